The molecule has 0 radical (unpaired) electrons. The van der Waals surface area contributed by atoms with Crippen LogP contribution >= 0.6 is 0 Å². The normalized spacial score (nSPS) is 13.4. The highest BCUT2D eigenvalue weighted by atomic mass is 16.5. The Hall–Kier alpha value is -2.54. The summed E-state index contributed by atoms with van der Waals surface area (Å²) in [5, 5.41) is 2.74. The zero-order valence-electron chi connectivity index (χ0n) is 9.82. The number of ether oxygens (including phenoxy) is 1. The van der Waals surface area contributed by atoms with Crippen LogP contribution in [-0.2, 0) is 0 Å². The maximum Gasteiger partial charge on any atom is 0.213 e. The molecule has 0 aliphatic heterocycles. The molecule has 18 heavy (non-hydrogen) atoms. The van der Waals surface area contributed by atoms with Gasteiger partial charge in [0.2, 0.25) is 5.78 Å². The first-order chi connectivity index (χ1) is 8.69. The van der Waals surface area contributed by atoms with E-state index < -0.39 is 0 Å². The molecule has 0 bridgehead atoms. The van der Waals surface area contributed by atoms with Crippen molar-refractivity contribution in [3.63, 3.8) is 0 Å². The molecule has 4 heteroatoms. The van der Waals surface area contributed by atoms with E-state index in [0.29, 0.717) is 11.3 Å². The summed E-state index contributed by atoms with van der Waals surface area (Å²) in [6, 6.07) is 4.93. The van der Waals surface area contributed by atoms with Gasteiger partial charge in [0.05, 0.1) is 24.9 Å². The van der Waals surface area contributed by atoms with Crippen LogP contribution in [-0.4, -0.2) is 25.2 Å². The van der Waals surface area contributed by atoms with Crippen LogP contribution < -0.4 is 10.1 Å². The molecule has 90 valence electrons. The number of terminal acetylenes is 1. The van der Waals surface area contributed by atoms with Crippen molar-refractivity contribution >= 4 is 11.6 Å². The van der Waals surface area contributed by atoms with Gasteiger partial charge < -0.3 is 10.1 Å². The Kier molecular flexibility index (Phi) is 3.16. The lowest BCUT2D eigenvalue weighted by molar-refractivity contribution is 0.0976. The third kappa shape index (κ3) is 1.87. The molecule has 0 spiro atoms. The number of methoxy groups -OCH3 is 1. The number of rotatable bonds is 3. The van der Waals surface area contributed by atoms with Gasteiger partial charge in [-0.2, -0.15) is 0 Å². The maximum absolute atomic E-state index is 12.2. The second kappa shape index (κ2) is 4.76. The first-order valence-corrected chi connectivity index (χ1v) is 5.34. The summed E-state index contributed by atoms with van der Waals surface area (Å²) in [7, 11) is 1.46. The molecule has 1 aliphatic carbocycles. The second-order valence-corrected chi connectivity index (χ2v) is 3.69. The minimum absolute atomic E-state index is 0.190. The number of allylic oxidation sites excluding steroid dienone is 2. The fourth-order valence-electron chi connectivity index (χ4n) is 1.83. The van der Waals surface area contributed by atoms with E-state index in [1.807, 2.05) is 0 Å². The number of nitrogens with one attached hydrogen (secondary N) is 1. The maximum atomic E-state index is 12.2. The molecule has 0 saturated carbocycles. The minimum Gasteiger partial charge on any atom is -0.496 e. The molecule has 1 aliphatic rings. The Morgan fingerprint density at radius 1 is 1.39 bits per heavy atom. The van der Waals surface area contributed by atoms with Crippen LogP contribution in [0.4, 0.5) is 0 Å². The Bertz CT molecular complexity index is 594. The van der Waals surface area contributed by atoms with Crippen molar-refractivity contribution in [1.29, 1.82) is 0 Å². The fourth-order valence-corrected chi connectivity index (χ4v) is 1.83. The van der Waals surface area contributed by atoms with Crippen molar-refractivity contribution in [3.05, 3.63) is 41.1 Å². The van der Waals surface area contributed by atoms with Crippen molar-refractivity contribution in [3.8, 4) is 18.1 Å². The van der Waals surface area contributed by atoms with Crippen molar-refractivity contribution in [2.75, 3.05) is 13.7 Å². The van der Waals surface area contributed by atoms with Gasteiger partial charge in [-0.15, -0.1) is 6.42 Å². The SMILES string of the molecule is C#CCNC1=CC(=O)c2cccc(OC)c2C1=O. The van der Waals surface area contributed by atoms with Gasteiger partial charge in [-0.05, 0) is 6.07 Å². The first kappa shape index (κ1) is 11.9. The standard InChI is InChI=1S/C14H11NO3/c1-3-7-15-10-8-11(16)9-5-4-6-12(18-2)13(9)14(10)17/h1,4-6,8,15H,7H2,2H3. The molecule has 0 unspecified atom stereocenters. The molecule has 0 amide bonds. The predicted molar refractivity (Wildman–Crippen MR) is 66.6 cm³/mol. The number of Topliss-reactive ketones (excluding diaryl/α,β-unsaturated/α-hetero) is 1. The van der Waals surface area contributed by atoms with E-state index in [2.05, 4.69) is 11.2 Å². The van der Waals surface area contributed by atoms with Crippen molar-refractivity contribution in [2.45, 2.75) is 0 Å². The highest BCUT2D eigenvalue weighted by Gasteiger charge is 2.28. The second-order valence-electron chi connectivity index (χ2n) is 3.69. The Balaban J connectivity index is 2.49. The van der Waals surface area contributed by atoms with Crippen LogP contribution in [0.15, 0.2) is 30.0 Å². The first-order valence-electron chi connectivity index (χ1n) is 5.34. The molecule has 0 heterocycles. The molecule has 1 aromatic carbocycles. The molecule has 0 atom stereocenters. The van der Waals surface area contributed by atoms with E-state index in [-0.39, 0.29) is 29.4 Å². The quantitative estimate of drug-likeness (QED) is 0.807. The molecule has 1 aromatic rings. The number of carbonyl (C=O) groups is 2. The van der Waals surface area contributed by atoms with Crippen LogP contribution in [0.3, 0.4) is 0 Å². The van der Waals surface area contributed by atoms with Crippen LogP contribution in [0.2, 0.25) is 0 Å². The van der Waals surface area contributed by atoms with Crippen LogP contribution in [0.5, 0.6) is 5.75 Å². The topological polar surface area (TPSA) is 55.4 Å². The van der Waals surface area contributed by atoms with E-state index in [9.17, 15) is 9.59 Å². The monoisotopic (exact) mass is 241 g/mol. The van der Waals surface area contributed by atoms with Crippen LogP contribution in [0, 0.1) is 12.3 Å². The lowest BCUT2D eigenvalue weighted by Gasteiger charge is -2.17. The molecule has 0 fully saturated rings. The summed E-state index contributed by atoms with van der Waals surface area (Å²) in [4.78, 5) is 24.1. The van der Waals surface area contributed by atoms with E-state index in [1.165, 1.54) is 13.2 Å². The number of carbonyl (C=O) groups excluding carboxylic acids is 2. The van der Waals surface area contributed by atoms with E-state index >= 15 is 0 Å². The molecular weight excluding hydrogens is 230 g/mol. The van der Waals surface area contributed by atoms with Gasteiger partial charge in [0.15, 0.2) is 5.78 Å². The van der Waals surface area contributed by atoms with E-state index in [0.717, 1.165) is 0 Å². The van der Waals surface area contributed by atoms with Gasteiger partial charge in [-0.3, -0.25) is 9.59 Å². The van der Waals surface area contributed by atoms with Crippen LogP contribution in [0.1, 0.15) is 20.7 Å². The lowest BCUT2D eigenvalue weighted by atomic mass is 9.92. The van der Waals surface area contributed by atoms with Crippen molar-refractivity contribution in [2.24, 2.45) is 0 Å². The van der Waals surface area contributed by atoms with E-state index in [4.69, 9.17) is 11.2 Å². The zero-order chi connectivity index (χ0) is 13.1. The highest BCUT2D eigenvalue weighted by Crippen LogP contribution is 2.28. The number of ketones is 2. The fraction of sp³-hybridized carbons (Fsp3) is 0.143. The van der Waals surface area contributed by atoms with Gasteiger partial charge in [0.25, 0.3) is 0 Å². The summed E-state index contributed by atoms with van der Waals surface area (Å²) in [5.74, 6) is 2.23. The number of hydrogen-bond donors (Lipinski definition) is 1. The molecule has 0 aromatic heterocycles. The number of hydrogen-bond acceptors (Lipinski definition) is 4. The summed E-state index contributed by atoms with van der Waals surface area (Å²) in [6.45, 7) is 0.190. The molecule has 2 rings (SSSR count). The largest absolute Gasteiger partial charge is 0.496 e. The Morgan fingerprint density at radius 2 is 2.17 bits per heavy atom. The Labute approximate surface area is 105 Å². The lowest BCUT2D eigenvalue weighted by Crippen LogP contribution is -2.27. The highest BCUT2D eigenvalue weighted by molar-refractivity contribution is 6.25. The minimum atomic E-state index is -0.280. The van der Waals surface area contributed by atoms with Gasteiger partial charge in [-0.1, -0.05) is 18.1 Å². The van der Waals surface area contributed by atoms with Gasteiger partial charge >= 0.3 is 0 Å². The van der Waals surface area contributed by atoms with Crippen LogP contribution in [0.25, 0.3) is 0 Å². The average Bonchev–Trinajstić information content (AvgIpc) is 2.40. The average molecular weight is 241 g/mol. The smallest absolute Gasteiger partial charge is 0.213 e. The van der Waals surface area contributed by atoms with Gasteiger partial charge in [0, 0.05) is 11.6 Å². The number of benzene rings is 1. The third-order valence-corrected chi connectivity index (χ3v) is 2.64. The third-order valence-electron chi connectivity index (χ3n) is 2.64. The van der Waals surface area contributed by atoms with Crippen molar-refractivity contribution in [1.82, 2.24) is 5.32 Å². The van der Waals surface area contributed by atoms with Crippen molar-refractivity contribution < 1.29 is 14.3 Å². The predicted octanol–water partition coefficient (Wildman–Crippen LogP) is 1.18. The molecule has 1 N–H and O–H groups in total. The molecule has 4 nitrogen and oxygen atoms in total. The summed E-state index contributed by atoms with van der Waals surface area (Å²) in [5.41, 5.74) is 0.840. The number of fused-ring (bicyclic) bond motifs is 1. The zero-order valence-corrected chi connectivity index (χ0v) is 9.82. The Morgan fingerprint density at radius 3 is 2.83 bits per heavy atom. The summed E-state index contributed by atoms with van der Waals surface area (Å²) < 4.78 is 5.12. The van der Waals surface area contributed by atoms with Gasteiger partial charge in [-0.25, -0.2) is 0 Å². The van der Waals surface area contributed by atoms with Gasteiger partial charge in [0.1, 0.15) is 5.75 Å². The summed E-state index contributed by atoms with van der Waals surface area (Å²) >= 11 is 0. The van der Waals surface area contributed by atoms with E-state index in [1.54, 1.807) is 18.2 Å². The molecule has 0 saturated heterocycles. The summed E-state index contributed by atoms with van der Waals surface area (Å²) in [6.07, 6.45) is 6.38. The molecular formula is C14H11NO3.